The molecule has 0 fully saturated rings. The van der Waals surface area contributed by atoms with E-state index in [0.717, 1.165) is 16.5 Å². The van der Waals surface area contributed by atoms with Crippen molar-refractivity contribution in [3.63, 3.8) is 0 Å². The van der Waals surface area contributed by atoms with Gasteiger partial charge < -0.3 is 11.1 Å². The second-order valence-electron chi connectivity index (χ2n) is 4.59. The third-order valence-corrected chi connectivity index (χ3v) is 3.14. The molecular weight excluding hydrogens is 253 g/mol. The highest BCUT2D eigenvalue weighted by Crippen LogP contribution is 2.22. The smallest absolute Gasteiger partial charge is 0.128 e. The van der Waals surface area contributed by atoms with Crippen LogP contribution >= 0.6 is 0 Å². The van der Waals surface area contributed by atoms with E-state index in [4.69, 9.17) is 5.73 Å². The van der Waals surface area contributed by atoms with Gasteiger partial charge in [0.25, 0.3) is 0 Å². The third kappa shape index (κ3) is 2.54. The van der Waals surface area contributed by atoms with Gasteiger partial charge in [-0.1, -0.05) is 30.3 Å². The zero-order valence-corrected chi connectivity index (χ0v) is 10.8. The van der Waals surface area contributed by atoms with Crippen LogP contribution in [0.4, 0.5) is 15.9 Å². The molecule has 0 amide bonds. The molecule has 0 spiro atoms. The molecule has 100 valence electrons. The van der Waals surface area contributed by atoms with Gasteiger partial charge in [0.2, 0.25) is 0 Å². The second-order valence-corrected chi connectivity index (χ2v) is 4.59. The van der Waals surface area contributed by atoms with Crippen LogP contribution in [0.15, 0.2) is 54.6 Å². The molecule has 3 nitrogen and oxygen atoms in total. The lowest BCUT2D eigenvalue weighted by Crippen LogP contribution is -2.02. The Hall–Kier alpha value is -2.62. The molecule has 3 N–H and O–H groups in total. The maximum absolute atomic E-state index is 12.8. The van der Waals surface area contributed by atoms with Crippen molar-refractivity contribution in [2.24, 2.45) is 0 Å². The van der Waals surface area contributed by atoms with E-state index in [2.05, 4.69) is 10.3 Å². The zero-order valence-electron chi connectivity index (χ0n) is 10.8. The third-order valence-electron chi connectivity index (χ3n) is 3.14. The Morgan fingerprint density at radius 3 is 2.60 bits per heavy atom. The summed E-state index contributed by atoms with van der Waals surface area (Å²) in [4.78, 5) is 4.50. The number of nitrogen functional groups attached to an aromatic ring is 1. The molecule has 3 aromatic rings. The quantitative estimate of drug-likeness (QED) is 0.762. The monoisotopic (exact) mass is 267 g/mol. The van der Waals surface area contributed by atoms with Crippen molar-refractivity contribution in [1.29, 1.82) is 0 Å². The molecule has 0 aliphatic rings. The van der Waals surface area contributed by atoms with Gasteiger partial charge in [-0.2, -0.15) is 0 Å². The Morgan fingerprint density at radius 2 is 1.80 bits per heavy atom. The fraction of sp³-hybridized carbons (Fsp3) is 0.0625. The molecule has 2 aromatic carbocycles. The highest BCUT2D eigenvalue weighted by Gasteiger charge is 2.02. The molecule has 4 heteroatoms. The highest BCUT2D eigenvalue weighted by molar-refractivity contribution is 5.91. The van der Waals surface area contributed by atoms with Gasteiger partial charge >= 0.3 is 0 Å². The first-order valence-corrected chi connectivity index (χ1v) is 6.36. The number of pyridine rings is 1. The number of nitrogens with zero attached hydrogens (tertiary/aromatic N) is 1. The molecule has 20 heavy (non-hydrogen) atoms. The first-order chi connectivity index (χ1) is 9.72. The molecule has 0 radical (unpaired) electrons. The molecule has 0 unspecified atom stereocenters. The summed E-state index contributed by atoms with van der Waals surface area (Å²) >= 11 is 0. The largest absolute Gasteiger partial charge is 0.398 e. The SMILES string of the molecule is Nc1cc(NCc2ccc(F)cc2)nc2ccccc12. The standard InChI is InChI=1S/C16H14FN3/c17-12-7-5-11(6-8-12)10-19-16-9-14(18)13-3-1-2-4-15(13)20-16/h1-9H,10H2,(H3,18,19,20). The van der Waals surface area contributed by atoms with Crippen molar-refractivity contribution < 1.29 is 4.39 Å². The number of anilines is 2. The van der Waals surface area contributed by atoms with Gasteiger partial charge in [0.15, 0.2) is 0 Å². The minimum Gasteiger partial charge on any atom is -0.398 e. The topological polar surface area (TPSA) is 50.9 Å². The van der Waals surface area contributed by atoms with E-state index in [1.54, 1.807) is 12.1 Å². The van der Waals surface area contributed by atoms with Crippen LogP contribution in [0.1, 0.15) is 5.56 Å². The Balaban J connectivity index is 1.82. The lowest BCUT2D eigenvalue weighted by atomic mass is 10.2. The predicted molar refractivity (Wildman–Crippen MR) is 79.9 cm³/mol. The van der Waals surface area contributed by atoms with Crippen LogP contribution in [0.2, 0.25) is 0 Å². The highest BCUT2D eigenvalue weighted by atomic mass is 19.1. The zero-order chi connectivity index (χ0) is 13.9. The Labute approximate surface area is 116 Å². The Kier molecular flexibility index (Phi) is 3.21. The normalized spacial score (nSPS) is 10.7. The number of nitrogens with two attached hydrogens (primary N) is 1. The van der Waals surface area contributed by atoms with Crippen LogP contribution in [-0.2, 0) is 6.54 Å². The fourth-order valence-electron chi connectivity index (χ4n) is 2.09. The lowest BCUT2D eigenvalue weighted by molar-refractivity contribution is 0.627. The van der Waals surface area contributed by atoms with Gasteiger partial charge in [-0.25, -0.2) is 9.37 Å². The summed E-state index contributed by atoms with van der Waals surface area (Å²) in [5.74, 6) is 0.479. The number of fused-ring (bicyclic) bond motifs is 1. The first-order valence-electron chi connectivity index (χ1n) is 6.36. The number of rotatable bonds is 3. The van der Waals surface area contributed by atoms with E-state index in [9.17, 15) is 4.39 Å². The van der Waals surface area contributed by atoms with E-state index in [1.807, 2.05) is 30.3 Å². The predicted octanol–water partition coefficient (Wildman–Crippen LogP) is 3.57. The van der Waals surface area contributed by atoms with Crippen LogP contribution in [0.5, 0.6) is 0 Å². The van der Waals surface area contributed by atoms with Crippen LogP contribution in [-0.4, -0.2) is 4.98 Å². The van der Waals surface area contributed by atoms with E-state index < -0.39 is 0 Å². The summed E-state index contributed by atoms with van der Waals surface area (Å²) in [6, 6.07) is 15.9. The number of benzene rings is 2. The number of nitrogens with one attached hydrogen (secondary N) is 1. The van der Waals surface area contributed by atoms with Crippen molar-refractivity contribution in [2.45, 2.75) is 6.54 Å². The molecule has 0 saturated heterocycles. The van der Waals surface area contributed by atoms with Gasteiger partial charge in [0.05, 0.1) is 5.52 Å². The van der Waals surface area contributed by atoms with Crippen molar-refractivity contribution in [3.05, 3.63) is 66.0 Å². The van der Waals surface area contributed by atoms with Gasteiger partial charge in [-0.05, 0) is 23.8 Å². The molecular formula is C16H14FN3. The fourth-order valence-corrected chi connectivity index (χ4v) is 2.09. The number of hydrogen-bond donors (Lipinski definition) is 2. The molecule has 1 heterocycles. The molecule has 3 rings (SSSR count). The van der Waals surface area contributed by atoms with E-state index in [1.165, 1.54) is 12.1 Å². The van der Waals surface area contributed by atoms with E-state index >= 15 is 0 Å². The summed E-state index contributed by atoms with van der Waals surface area (Å²) in [6.07, 6.45) is 0. The summed E-state index contributed by atoms with van der Waals surface area (Å²) in [7, 11) is 0. The molecule has 1 aromatic heterocycles. The Bertz CT molecular complexity index is 738. The van der Waals surface area contributed by atoms with Crippen molar-refractivity contribution in [1.82, 2.24) is 4.98 Å². The maximum Gasteiger partial charge on any atom is 0.128 e. The van der Waals surface area contributed by atoms with E-state index in [0.29, 0.717) is 18.1 Å². The second kappa shape index (κ2) is 5.17. The average molecular weight is 267 g/mol. The summed E-state index contributed by atoms with van der Waals surface area (Å²) in [6.45, 7) is 0.574. The van der Waals surface area contributed by atoms with Crippen molar-refractivity contribution in [3.8, 4) is 0 Å². The summed E-state index contributed by atoms with van der Waals surface area (Å²) < 4.78 is 12.8. The molecule has 0 saturated carbocycles. The number of halogens is 1. The molecule has 0 bridgehead atoms. The maximum atomic E-state index is 12.8. The minimum atomic E-state index is -0.234. The molecule has 0 atom stereocenters. The number of aromatic nitrogens is 1. The molecule has 0 aliphatic heterocycles. The number of para-hydroxylation sites is 1. The Morgan fingerprint density at radius 1 is 1.05 bits per heavy atom. The minimum absolute atomic E-state index is 0.234. The molecule has 0 aliphatic carbocycles. The summed E-state index contributed by atoms with van der Waals surface area (Å²) in [5.41, 5.74) is 8.55. The van der Waals surface area contributed by atoms with Crippen LogP contribution in [0, 0.1) is 5.82 Å². The van der Waals surface area contributed by atoms with Crippen LogP contribution in [0.25, 0.3) is 10.9 Å². The van der Waals surface area contributed by atoms with Crippen LogP contribution < -0.4 is 11.1 Å². The van der Waals surface area contributed by atoms with Crippen molar-refractivity contribution >= 4 is 22.4 Å². The summed E-state index contributed by atoms with van der Waals surface area (Å²) in [5, 5.41) is 4.14. The van der Waals surface area contributed by atoms with Crippen molar-refractivity contribution in [2.75, 3.05) is 11.1 Å². The van der Waals surface area contributed by atoms with Gasteiger partial charge in [0.1, 0.15) is 11.6 Å². The first kappa shape index (κ1) is 12.4. The van der Waals surface area contributed by atoms with Gasteiger partial charge in [-0.15, -0.1) is 0 Å². The number of hydrogen-bond acceptors (Lipinski definition) is 3. The van der Waals surface area contributed by atoms with Gasteiger partial charge in [0, 0.05) is 23.7 Å². The average Bonchev–Trinajstić information content (AvgIpc) is 2.47. The van der Waals surface area contributed by atoms with Gasteiger partial charge in [-0.3, -0.25) is 0 Å². The van der Waals surface area contributed by atoms with E-state index in [-0.39, 0.29) is 5.82 Å². The van der Waals surface area contributed by atoms with Crippen LogP contribution in [0.3, 0.4) is 0 Å². The lowest BCUT2D eigenvalue weighted by Gasteiger charge is -2.09.